The SMILES string of the molecule is O=C(O)c1cn(C2CC2)c2cc(N3CCN(Cc4cccc5c4CCCC5)CC3)c(F)cc2c1=O. The van der Waals surface area contributed by atoms with Gasteiger partial charge < -0.3 is 14.6 Å². The lowest BCUT2D eigenvalue weighted by Gasteiger charge is -2.37. The van der Waals surface area contributed by atoms with Gasteiger partial charge in [-0.05, 0) is 67.3 Å². The number of carboxylic acids is 1. The van der Waals surface area contributed by atoms with Crippen LogP contribution in [-0.4, -0.2) is 46.7 Å². The average Bonchev–Trinajstić information content (AvgIpc) is 3.70. The lowest BCUT2D eigenvalue weighted by Crippen LogP contribution is -2.46. The van der Waals surface area contributed by atoms with Crippen LogP contribution < -0.4 is 10.3 Å². The van der Waals surface area contributed by atoms with E-state index in [-0.39, 0.29) is 17.0 Å². The molecule has 0 bridgehead atoms. The van der Waals surface area contributed by atoms with Crippen LogP contribution in [0.25, 0.3) is 10.9 Å². The van der Waals surface area contributed by atoms with E-state index >= 15 is 4.39 Å². The first kappa shape index (κ1) is 22.3. The Bertz CT molecular complexity index is 1370. The Labute approximate surface area is 203 Å². The number of aromatic carboxylic acids is 1. The topological polar surface area (TPSA) is 65.8 Å². The van der Waals surface area contributed by atoms with E-state index in [4.69, 9.17) is 0 Å². The first-order chi connectivity index (χ1) is 17.0. The number of anilines is 1. The molecule has 1 N–H and O–H groups in total. The predicted octanol–water partition coefficient (Wildman–Crippen LogP) is 4.37. The largest absolute Gasteiger partial charge is 0.477 e. The first-order valence-electron chi connectivity index (χ1n) is 12.7. The van der Waals surface area contributed by atoms with Crippen LogP contribution in [-0.2, 0) is 19.4 Å². The highest BCUT2D eigenvalue weighted by Crippen LogP contribution is 2.38. The van der Waals surface area contributed by atoms with Crippen molar-refractivity contribution in [2.24, 2.45) is 0 Å². The summed E-state index contributed by atoms with van der Waals surface area (Å²) in [5.41, 5.74) is 4.65. The summed E-state index contributed by atoms with van der Waals surface area (Å²) < 4.78 is 17.1. The van der Waals surface area contributed by atoms with E-state index in [1.807, 2.05) is 4.57 Å². The van der Waals surface area contributed by atoms with Crippen molar-refractivity contribution in [1.29, 1.82) is 0 Å². The molecule has 0 atom stereocenters. The van der Waals surface area contributed by atoms with Gasteiger partial charge in [-0.15, -0.1) is 0 Å². The van der Waals surface area contributed by atoms with Gasteiger partial charge in [-0.25, -0.2) is 9.18 Å². The fourth-order valence-corrected chi connectivity index (χ4v) is 5.80. The molecule has 2 aliphatic carbocycles. The Balaban J connectivity index is 1.25. The zero-order valence-corrected chi connectivity index (χ0v) is 19.8. The van der Waals surface area contributed by atoms with Crippen LogP contribution >= 0.6 is 0 Å². The molecule has 3 aromatic rings. The molecule has 1 aliphatic heterocycles. The Morgan fingerprint density at radius 1 is 1.06 bits per heavy atom. The van der Waals surface area contributed by atoms with Crippen molar-refractivity contribution in [1.82, 2.24) is 9.47 Å². The minimum absolute atomic E-state index is 0.144. The Hall–Kier alpha value is -3.19. The van der Waals surface area contributed by atoms with Crippen LogP contribution in [0.5, 0.6) is 0 Å². The zero-order valence-electron chi connectivity index (χ0n) is 19.8. The van der Waals surface area contributed by atoms with Crippen LogP contribution in [0, 0.1) is 5.82 Å². The number of nitrogens with zero attached hydrogens (tertiary/aromatic N) is 3. The minimum Gasteiger partial charge on any atom is -0.477 e. The molecule has 2 fully saturated rings. The van der Waals surface area contributed by atoms with Crippen molar-refractivity contribution in [3.8, 4) is 0 Å². The van der Waals surface area contributed by atoms with Gasteiger partial charge in [0.25, 0.3) is 0 Å². The highest BCUT2D eigenvalue weighted by molar-refractivity contribution is 5.93. The molecule has 6 rings (SSSR count). The van der Waals surface area contributed by atoms with Crippen molar-refractivity contribution in [3.05, 3.63) is 74.8 Å². The van der Waals surface area contributed by atoms with Gasteiger partial charge in [0, 0.05) is 50.3 Å². The fraction of sp³-hybridized carbons (Fsp3) is 0.429. The number of hydrogen-bond acceptors (Lipinski definition) is 4. The Morgan fingerprint density at radius 2 is 1.83 bits per heavy atom. The number of benzene rings is 2. The van der Waals surface area contributed by atoms with Crippen LogP contribution in [0.2, 0.25) is 0 Å². The summed E-state index contributed by atoms with van der Waals surface area (Å²) in [6.07, 6.45) is 8.19. The maximum absolute atomic E-state index is 15.2. The summed E-state index contributed by atoms with van der Waals surface area (Å²) in [7, 11) is 0. The maximum atomic E-state index is 15.2. The Morgan fingerprint density at radius 3 is 2.57 bits per heavy atom. The normalized spacial score (nSPS) is 18.6. The van der Waals surface area contributed by atoms with Crippen LogP contribution in [0.3, 0.4) is 0 Å². The predicted molar refractivity (Wildman–Crippen MR) is 134 cm³/mol. The molecule has 6 nitrogen and oxygen atoms in total. The van der Waals surface area contributed by atoms with Gasteiger partial charge in [0.15, 0.2) is 0 Å². The van der Waals surface area contributed by atoms with Crippen molar-refractivity contribution >= 4 is 22.6 Å². The average molecular weight is 476 g/mol. The molecule has 2 heterocycles. The third-order valence-electron chi connectivity index (χ3n) is 7.87. The summed E-state index contributed by atoms with van der Waals surface area (Å²) in [6.45, 7) is 4.02. The highest BCUT2D eigenvalue weighted by Gasteiger charge is 2.28. The van der Waals surface area contributed by atoms with Gasteiger partial charge in [-0.2, -0.15) is 0 Å². The number of pyridine rings is 1. The number of aromatic nitrogens is 1. The second-order valence-corrected chi connectivity index (χ2v) is 10.2. The number of fused-ring (bicyclic) bond motifs is 2. The molecule has 1 aromatic heterocycles. The summed E-state index contributed by atoms with van der Waals surface area (Å²) in [4.78, 5) is 28.8. The molecule has 0 unspecified atom stereocenters. The maximum Gasteiger partial charge on any atom is 0.341 e. The number of hydrogen-bond donors (Lipinski definition) is 1. The van der Waals surface area contributed by atoms with Gasteiger partial charge >= 0.3 is 5.97 Å². The lowest BCUT2D eigenvalue weighted by atomic mass is 9.88. The number of aryl methyl sites for hydroxylation is 1. The van der Waals surface area contributed by atoms with Gasteiger partial charge in [0.1, 0.15) is 11.4 Å². The number of halogens is 1. The molecule has 0 amide bonds. The summed E-state index contributed by atoms with van der Waals surface area (Å²) >= 11 is 0. The number of rotatable bonds is 5. The fourth-order valence-electron chi connectivity index (χ4n) is 5.80. The monoisotopic (exact) mass is 475 g/mol. The molecular weight excluding hydrogens is 445 g/mol. The molecule has 1 saturated heterocycles. The van der Waals surface area contributed by atoms with Crippen LogP contribution in [0.4, 0.5) is 10.1 Å². The van der Waals surface area contributed by atoms with Gasteiger partial charge in [-0.3, -0.25) is 9.69 Å². The second kappa shape index (κ2) is 8.79. The first-order valence-corrected chi connectivity index (χ1v) is 12.7. The number of carboxylic acid groups (broad SMARTS) is 1. The van der Waals surface area contributed by atoms with Crippen molar-refractivity contribution in [2.75, 3.05) is 31.1 Å². The third-order valence-corrected chi connectivity index (χ3v) is 7.87. The van der Waals surface area contributed by atoms with Crippen LogP contribution in [0.15, 0.2) is 41.3 Å². The van der Waals surface area contributed by atoms with Gasteiger partial charge in [-0.1, -0.05) is 18.2 Å². The van der Waals surface area contributed by atoms with E-state index in [0.29, 0.717) is 24.3 Å². The Kier molecular flexibility index (Phi) is 5.60. The molecule has 1 saturated carbocycles. The molecule has 2 aromatic carbocycles. The molecule has 35 heavy (non-hydrogen) atoms. The molecule has 7 heteroatoms. The lowest BCUT2D eigenvalue weighted by molar-refractivity contribution is 0.0695. The van der Waals surface area contributed by atoms with Crippen molar-refractivity contribution < 1.29 is 14.3 Å². The molecule has 0 radical (unpaired) electrons. The van der Waals surface area contributed by atoms with E-state index in [0.717, 1.165) is 32.5 Å². The summed E-state index contributed by atoms with van der Waals surface area (Å²) in [5, 5.41) is 9.60. The van der Waals surface area contributed by atoms with E-state index in [2.05, 4.69) is 28.0 Å². The van der Waals surface area contributed by atoms with Gasteiger partial charge in [0.05, 0.1) is 11.2 Å². The minimum atomic E-state index is -1.27. The molecular formula is C28H30FN3O3. The van der Waals surface area contributed by atoms with Crippen LogP contribution in [0.1, 0.15) is 58.8 Å². The second-order valence-electron chi connectivity index (χ2n) is 10.2. The zero-order chi connectivity index (χ0) is 24.1. The smallest absolute Gasteiger partial charge is 0.341 e. The highest BCUT2D eigenvalue weighted by atomic mass is 19.1. The van der Waals surface area contributed by atoms with E-state index in [1.54, 1.807) is 6.07 Å². The van der Waals surface area contributed by atoms with Crippen molar-refractivity contribution in [3.63, 3.8) is 0 Å². The number of carbonyl (C=O) groups is 1. The summed E-state index contributed by atoms with van der Waals surface area (Å²) in [5.74, 6) is -1.74. The molecule has 0 spiro atoms. The standard InChI is InChI=1S/C28H30FN3O3/c29-24-14-22-25(32(20-8-9-20)17-23(27(22)33)28(34)35)15-26(24)31-12-10-30(11-13-31)16-19-6-3-5-18-4-1-2-7-21(18)19/h3,5-6,14-15,17,20H,1-2,4,7-13,16H2,(H,34,35). The van der Waals surface area contributed by atoms with E-state index in [1.165, 1.54) is 54.6 Å². The molecule has 3 aliphatic rings. The van der Waals surface area contributed by atoms with Crippen molar-refractivity contribution in [2.45, 2.75) is 51.1 Å². The quantitative estimate of drug-likeness (QED) is 0.594. The number of piperazine rings is 1. The van der Waals surface area contributed by atoms with E-state index in [9.17, 15) is 14.7 Å². The molecule has 182 valence electrons. The van der Waals surface area contributed by atoms with Gasteiger partial charge in [0.2, 0.25) is 5.43 Å². The van der Waals surface area contributed by atoms with E-state index < -0.39 is 17.2 Å². The third kappa shape index (κ3) is 4.12. The summed E-state index contributed by atoms with van der Waals surface area (Å²) in [6, 6.07) is 9.85.